The summed E-state index contributed by atoms with van der Waals surface area (Å²) in [7, 11) is -3.76. The monoisotopic (exact) mass is 269 g/mol. The molecule has 0 aromatic heterocycles. The van der Waals surface area contributed by atoms with Crippen LogP contribution in [-0.4, -0.2) is 14.5 Å². The molecule has 0 atom stereocenters. The van der Waals surface area contributed by atoms with Gasteiger partial charge in [0.25, 0.3) is 0 Å². The van der Waals surface area contributed by atoms with E-state index in [0.29, 0.717) is 5.75 Å². The molecule has 0 unspecified atom stereocenters. The molecule has 100 valence electrons. The number of nitrogens with two attached hydrogens (primary N) is 1. The fraction of sp³-hybridized carbons (Fsp3) is 0.538. The van der Waals surface area contributed by atoms with Gasteiger partial charge in [0.1, 0.15) is 10.6 Å². The second kappa shape index (κ2) is 4.24. The van der Waals surface area contributed by atoms with Gasteiger partial charge in [0, 0.05) is 0 Å². The van der Waals surface area contributed by atoms with Crippen molar-refractivity contribution in [3.8, 4) is 5.75 Å². The Labute approximate surface area is 108 Å². The quantitative estimate of drug-likeness (QED) is 0.914. The Bertz CT molecular complexity index is 554. The first-order valence-electron chi connectivity index (χ1n) is 6.02. The SMILES string of the molecule is CC(C)(C)c1ccc(OC2CC2)c(S(N)(=O)=O)c1. The van der Waals surface area contributed by atoms with Crippen LogP contribution in [0.1, 0.15) is 39.2 Å². The Morgan fingerprint density at radius 3 is 2.33 bits per heavy atom. The summed E-state index contributed by atoms with van der Waals surface area (Å²) in [6, 6.07) is 5.22. The molecular formula is C13H19NO3S. The zero-order valence-electron chi connectivity index (χ0n) is 10.9. The molecule has 0 amide bonds. The molecule has 1 aromatic rings. The van der Waals surface area contributed by atoms with E-state index in [0.717, 1.165) is 18.4 Å². The van der Waals surface area contributed by atoms with Crippen molar-refractivity contribution in [2.24, 2.45) is 5.14 Å². The lowest BCUT2D eigenvalue weighted by molar-refractivity contribution is 0.295. The maximum atomic E-state index is 11.6. The van der Waals surface area contributed by atoms with Gasteiger partial charge < -0.3 is 4.74 Å². The Hall–Kier alpha value is -1.07. The van der Waals surface area contributed by atoms with Crippen molar-refractivity contribution in [2.75, 3.05) is 0 Å². The zero-order chi connectivity index (χ0) is 13.6. The molecule has 0 aliphatic heterocycles. The van der Waals surface area contributed by atoms with Gasteiger partial charge in [0.05, 0.1) is 6.10 Å². The van der Waals surface area contributed by atoms with Crippen molar-refractivity contribution in [2.45, 2.75) is 50.0 Å². The van der Waals surface area contributed by atoms with Crippen LogP contribution in [0.25, 0.3) is 0 Å². The summed E-state index contributed by atoms with van der Waals surface area (Å²) in [6.45, 7) is 6.07. The molecule has 1 aliphatic rings. The Morgan fingerprint density at radius 2 is 1.89 bits per heavy atom. The van der Waals surface area contributed by atoms with Crippen LogP contribution in [0.5, 0.6) is 5.75 Å². The second-order valence-corrected chi connectivity index (χ2v) is 7.30. The third-order valence-corrected chi connectivity index (χ3v) is 3.87. The van der Waals surface area contributed by atoms with E-state index in [1.807, 2.05) is 26.8 Å². The van der Waals surface area contributed by atoms with E-state index < -0.39 is 10.0 Å². The van der Waals surface area contributed by atoms with Gasteiger partial charge in [-0.1, -0.05) is 26.8 Å². The Morgan fingerprint density at radius 1 is 1.28 bits per heavy atom. The topological polar surface area (TPSA) is 69.4 Å². The third-order valence-electron chi connectivity index (χ3n) is 2.93. The molecule has 0 radical (unpaired) electrons. The van der Waals surface area contributed by atoms with Crippen molar-refractivity contribution < 1.29 is 13.2 Å². The molecule has 4 nitrogen and oxygen atoms in total. The Kier molecular flexibility index (Phi) is 3.15. The molecule has 2 rings (SSSR count). The van der Waals surface area contributed by atoms with Gasteiger partial charge >= 0.3 is 0 Å². The standard InChI is InChI=1S/C13H19NO3S/c1-13(2,3)9-4-7-11(17-10-5-6-10)12(8-9)18(14,15)16/h4,7-8,10H,5-6H2,1-3H3,(H2,14,15,16). The molecule has 0 saturated heterocycles. The van der Waals surface area contributed by atoms with Crippen LogP contribution in [-0.2, 0) is 15.4 Å². The highest BCUT2D eigenvalue weighted by Gasteiger charge is 2.27. The van der Waals surface area contributed by atoms with E-state index in [2.05, 4.69) is 0 Å². The average molecular weight is 269 g/mol. The fourth-order valence-corrected chi connectivity index (χ4v) is 2.35. The number of benzene rings is 1. The van der Waals surface area contributed by atoms with Crippen LogP contribution in [0.4, 0.5) is 0 Å². The summed E-state index contributed by atoms with van der Waals surface area (Å²) in [5.74, 6) is 0.369. The number of rotatable bonds is 3. The van der Waals surface area contributed by atoms with E-state index >= 15 is 0 Å². The minimum absolute atomic E-state index is 0.0850. The molecule has 1 saturated carbocycles. The molecule has 1 aliphatic carbocycles. The van der Waals surface area contributed by atoms with Gasteiger partial charge in [0.15, 0.2) is 0 Å². The highest BCUT2D eigenvalue weighted by molar-refractivity contribution is 7.89. The summed E-state index contributed by atoms with van der Waals surface area (Å²) >= 11 is 0. The number of primary sulfonamides is 1. The Balaban J connectivity index is 2.48. The highest BCUT2D eigenvalue weighted by Crippen LogP contribution is 2.34. The van der Waals surface area contributed by atoms with Crippen LogP contribution in [0.2, 0.25) is 0 Å². The summed E-state index contributed by atoms with van der Waals surface area (Å²) < 4.78 is 28.9. The molecule has 0 spiro atoms. The predicted molar refractivity (Wildman–Crippen MR) is 70.2 cm³/mol. The third kappa shape index (κ3) is 3.03. The zero-order valence-corrected chi connectivity index (χ0v) is 11.8. The molecule has 1 aromatic carbocycles. The van der Waals surface area contributed by atoms with Gasteiger partial charge in [-0.15, -0.1) is 0 Å². The maximum Gasteiger partial charge on any atom is 0.241 e. The van der Waals surface area contributed by atoms with E-state index in [9.17, 15) is 8.42 Å². The largest absolute Gasteiger partial charge is 0.489 e. The lowest BCUT2D eigenvalue weighted by Gasteiger charge is -2.20. The first-order valence-corrected chi connectivity index (χ1v) is 7.56. The smallest absolute Gasteiger partial charge is 0.241 e. The predicted octanol–water partition coefficient (Wildman–Crippen LogP) is 2.17. The first kappa shape index (κ1) is 13.4. The van der Waals surface area contributed by atoms with Gasteiger partial charge in [-0.3, -0.25) is 0 Å². The highest BCUT2D eigenvalue weighted by atomic mass is 32.2. The van der Waals surface area contributed by atoms with Crippen molar-refractivity contribution in [1.82, 2.24) is 0 Å². The minimum Gasteiger partial charge on any atom is -0.489 e. The van der Waals surface area contributed by atoms with E-state index in [4.69, 9.17) is 9.88 Å². The van der Waals surface area contributed by atoms with Gasteiger partial charge in [0.2, 0.25) is 10.0 Å². The fourth-order valence-electron chi connectivity index (χ4n) is 1.66. The van der Waals surface area contributed by atoms with E-state index in [1.165, 1.54) is 0 Å². The van der Waals surface area contributed by atoms with Gasteiger partial charge in [-0.25, -0.2) is 13.6 Å². The summed E-state index contributed by atoms with van der Waals surface area (Å²) in [5, 5.41) is 5.26. The van der Waals surface area contributed by atoms with Gasteiger partial charge in [-0.2, -0.15) is 0 Å². The molecule has 1 fully saturated rings. The molecule has 0 bridgehead atoms. The molecule has 18 heavy (non-hydrogen) atoms. The van der Waals surface area contributed by atoms with Crippen LogP contribution < -0.4 is 9.88 Å². The number of sulfonamides is 1. The van der Waals surface area contributed by atoms with Crippen molar-refractivity contribution in [3.05, 3.63) is 23.8 Å². The van der Waals surface area contributed by atoms with E-state index in [-0.39, 0.29) is 16.4 Å². The normalized spacial score (nSPS) is 16.7. The summed E-state index contributed by atoms with van der Waals surface area (Å²) in [6.07, 6.45) is 2.10. The van der Waals surface area contributed by atoms with E-state index in [1.54, 1.807) is 12.1 Å². The summed E-state index contributed by atoms with van der Waals surface area (Å²) in [4.78, 5) is 0.0850. The van der Waals surface area contributed by atoms with Crippen LogP contribution in [0.15, 0.2) is 23.1 Å². The molecule has 2 N–H and O–H groups in total. The lowest BCUT2D eigenvalue weighted by atomic mass is 9.87. The van der Waals surface area contributed by atoms with Crippen LogP contribution >= 0.6 is 0 Å². The maximum absolute atomic E-state index is 11.6. The van der Waals surface area contributed by atoms with Crippen molar-refractivity contribution >= 4 is 10.0 Å². The average Bonchev–Trinajstić information content (AvgIpc) is 2.98. The number of hydrogen-bond donors (Lipinski definition) is 1. The van der Waals surface area contributed by atoms with Crippen molar-refractivity contribution in [1.29, 1.82) is 0 Å². The number of hydrogen-bond acceptors (Lipinski definition) is 3. The summed E-state index contributed by atoms with van der Waals surface area (Å²) in [5.41, 5.74) is 0.798. The van der Waals surface area contributed by atoms with Crippen molar-refractivity contribution in [3.63, 3.8) is 0 Å². The molecule has 5 heteroatoms. The second-order valence-electron chi connectivity index (χ2n) is 5.77. The number of ether oxygens (including phenoxy) is 1. The van der Waals surface area contributed by atoms with Crippen LogP contribution in [0, 0.1) is 0 Å². The first-order chi connectivity index (χ1) is 8.18. The molecule has 0 heterocycles. The van der Waals surface area contributed by atoms with Crippen LogP contribution in [0.3, 0.4) is 0 Å². The van der Waals surface area contributed by atoms with Gasteiger partial charge in [-0.05, 0) is 36.0 Å². The molecular weight excluding hydrogens is 250 g/mol. The lowest BCUT2D eigenvalue weighted by Crippen LogP contribution is -2.17. The minimum atomic E-state index is -3.76.